The van der Waals surface area contributed by atoms with Gasteiger partial charge in [0.25, 0.3) is 6.43 Å². The molecule has 4 nitrogen and oxygen atoms in total. The van der Waals surface area contributed by atoms with Crippen LogP contribution in [0.15, 0.2) is 6.07 Å². The van der Waals surface area contributed by atoms with Crippen LogP contribution in [0.3, 0.4) is 0 Å². The maximum atomic E-state index is 12.4. The quantitative estimate of drug-likeness (QED) is 0.778. The molecule has 0 radical (unpaired) electrons. The molecule has 0 aliphatic carbocycles. The molecule has 1 rings (SSSR count). The van der Waals surface area contributed by atoms with Crippen molar-refractivity contribution < 1.29 is 23.7 Å². The summed E-state index contributed by atoms with van der Waals surface area (Å²) in [6, 6.07) is 1.00. The first-order chi connectivity index (χ1) is 6.60. The van der Waals surface area contributed by atoms with Gasteiger partial charge in [0.2, 0.25) is 0 Å². The van der Waals surface area contributed by atoms with Gasteiger partial charge in [-0.2, -0.15) is 0 Å². The first kappa shape index (κ1) is 10.6. The van der Waals surface area contributed by atoms with Crippen molar-refractivity contribution >= 4 is 0 Å². The van der Waals surface area contributed by atoms with Crippen LogP contribution >= 0.6 is 0 Å². The number of aromatic nitrogens is 1. The molecule has 1 aromatic heterocycles. The number of aromatic hydroxyl groups is 1. The lowest BCUT2D eigenvalue weighted by Crippen LogP contribution is -2.00. The number of hydrogen-bond donors (Lipinski definition) is 2. The summed E-state index contributed by atoms with van der Waals surface area (Å²) in [5, 5.41) is 17.9. The van der Waals surface area contributed by atoms with E-state index in [1.54, 1.807) is 0 Å². The standard InChI is InChI=1S/C8H9F2NO3/c1-14-6-2-5(13)4(3-12)11-7(6)8(9)10/h2,8,12-13H,3H2,1H3. The summed E-state index contributed by atoms with van der Waals surface area (Å²) >= 11 is 0. The summed E-state index contributed by atoms with van der Waals surface area (Å²) in [4.78, 5) is 3.39. The molecule has 2 N–H and O–H groups in total. The van der Waals surface area contributed by atoms with Gasteiger partial charge < -0.3 is 14.9 Å². The van der Waals surface area contributed by atoms with E-state index in [1.165, 1.54) is 7.11 Å². The minimum Gasteiger partial charge on any atom is -0.506 e. The third-order valence-corrected chi connectivity index (χ3v) is 1.65. The van der Waals surface area contributed by atoms with Gasteiger partial charge in [0.05, 0.1) is 13.7 Å². The number of rotatable bonds is 3. The molecule has 0 spiro atoms. The van der Waals surface area contributed by atoms with Gasteiger partial charge in [-0.25, -0.2) is 13.8 Å². The molecule has 0 atom stereocenters. The first-order valence-corrected chi connectivity index (χ1v) is 3.76. The van der Waals surface area contributed by atoms with E-state index < -0.39 is 18.7 Å². The van der Waals surface area contributed by atoms with Crippen molar-refractivity contribution in [2.45, 2.75) is 13.0 Å². The van der Waals surface area contributed by atoms with Crippen molar-refractivity contribution in [2.75, 3.05) is 7.11 Å². The summed E-state index contributed by atoms with van der Waals surface area (Å²) in [6.45, 7) is -0.602. The Hall–Kier alpha value is -1.43. The van der Waals surface area contributed by atoms with Crippen molar-refractivity contribution in [1.82, 2.24) is 4.98 Å². The number of alkyl halides is 2. The largest absolute Gasteiger partial charge is 0.506 e. The Bertz CT molecular complexity index is 331. The lowest BCUT2D eigenvalue weighted by atomic mass is 10.2. The van der Waals surface area contributed by atoms with Gasteiger partial charge in [-0.3, -0.25) is 0 Å². The predicted molar refractivity (Wildman–Crippen MR) is 43.3 cm³/mol. The number of nitrogens with zero attached hydrogens (tertiary/aromatic N) is 1. The van der Waals surface area contributed by atoms with Gasteiger partial charge in [0.1, 0.15) is 22.9 Å². The molecule has 6 heteroatoms. The molecular formula is C8H9F2NO3. The average molecular weight is 205 g/mol. The number of aliphatic hydroxyl groups excluding tert-OH is 1. The van der Waals surface area contributed by atoms with Crippen LogP contribution in [0.25, 0.3) is 0 Å². The van der Waals surface area contributed by atoms with Crippen molar-refractivity contribution in [3.8, 4) is 11.5 Å². The highest BCUT2D eigenvalue weighted by Gasteiger charge is 2.18. The summed E-state index contributed by atoms with van der Waals surface area (Å²) in [6.07, 6.45) is -2.81. The third kappa shape index (κ3) is 1.90. The molecule has 1 heterocycles. The van der Waals surface area contributed by atoms with Gasteiger partial charge in [-0.15, -0.1) is 0 Å². The Morgan fingerprint density at radius 3 is 2.64 bits per heavy atom. The fourth-order valence-corrected chi connectivity index (χ4v) is 0.975. The number of methoxy groups -OCH3 is 1. The van der Waals surface area contributed by atoms with Gasteiger partial charge in [-0.05, 0) is 0 Å². The summed E-state index contributed by atoms with van der Waals surface area (Å²) < 4.78 is 29.3. The van der Waals surface area contributed by atoms with Crippen LogP contribution in [0.2, 0.25) is 0 Å². The van der Waals surface area contributed by atoms with Crippen molar-refractivity contribution in [3.05, 3.63) is 17.5 Å². The fourth-order valence-electron chi connectivity index (χ4n) is 0.975. The molecule has 0 unspecified atom stereocenters. The molecule has 0 aliphatic heterocycles. The van der Waals surface area contributed by atoms with Gasteiger partial charge in [0, 0.05) is 6.07 Å². The molecule has 0 amide bonds. The van der Waals surface area contributed by atoms with Crippen LogP contribution in [-0.2, 0) is 6.61 Å². The lowest BCUT2D eigenvalue weighted by Gasteiger charge is -2.09. The maximum absolute atomic E-state index is 12.4. The fraction of sp³-hybridized carbons (Fsp3) is 0.375. The maximum Gasteiger partial charge on any atom is 0.284 e. The van der Waals surface area contributed by atoms with E-state index in [0.717, 1.165) is 6.07 Å². The smallest absolute Gasteiger partial charge is 0.284 e. The van der Waals surface area contributed by atoms with Crippen LogP contribution in [0.4, 0.5) is 8.78 Å². The van der Waals surface area contributed by atoms with E-state index >= 15 is 0 Å². The Morgan fingerprint density at radius 1 is 1.57 bits per heavy atom. The molecule has 0 fully saturated rings. The van der Waals surface area contributed by atoms with Gasteiger partial charge in [-0.1, -0.05) is 0 Å². The van der Waals surface area contributed by atoms with Gasteiger partial charge in [0.15, 0.2) is 0 Å². The highest BCUT2D eigenvalue weighted by molar-refractivity contribution is 5.39. The molecule has 0 saturated carbocycles. The zero-order valence-electron chi connectivity index (χ0n) is 7.37. The van der Waals surface area contributed by atoms with E-state index in [0.29, 0.717) is 0 Å². The molecule has 78 valence electrons. The van der Waals surface area contributed by atoms with E-state index in [9.17, 15) is 13.9 Å². The molecular weight excluding hydrogens is 196 g/mol. The Balaban J connectivity index is 3.25. The Morgan fingerprint density at radius 2 is 2.21 bits per heavy atom. The highest BCUT2D eigenvalue weighted by Crippen LogP contribution is 2.31. The van der Waals surface area contributed by atoms with E-state index in [2.05, 4.69) is 9.72 Å². The van der Waals surface area contributed by atoms with Crippen LogP contribution in [-0.4, -0.2) is 22.3 Å². The van der Waals surface area contributed by atoms with E-state index in [1.807, 2.05) is 0 Å². The monoisotopic (exact) mass is 205 g/mol. The normalized spacial score (nSPS) is 10.6. The highest BCUT2D eigenvalue weighted by atomic mass is 19.3. The van der Waals surface area contributed by atoms with Crippen LogP contribution in [0.5, 0.6) is 11.5 Å². The second-order valence-corrected chi connectivity index (χ2v) is 2.50. The zero-order valence-corrected chi connectivity index (χ0v) is 7.37. The number of aliphatic hydroxyl groups is 1. The number of ether oxygens (including phenoxy) is 1. The minimum absolute atomic E-state index is 0.193. The molecule has 1 aromatic rings. The van der Waals surface area contributed by atoms with Crippen LogP contribution in [0.1, 0.15) is 17.8 Å². The second-order valence-electron chi connectivity index (χ2n) is 2.50. The van der Waals surface area contributed by atoms with E-state index in [4.69, 9.17) is 5.11 Å². The predicted octanol–water partition coefficient (Wildman–Crippen LogP) is 1.23. The Labute approximate surface area is 78.8 Å². The van der Waals surface area contributed by atoms with Crippen molar-refractivity contribution in [1.29, 1.82) is 0 Å². The number of pyridine rings is 1. The van der Waals surface area contributed by atoms with Crippen molar-refractivity contribution in [3.63, 3.8) is 0 Å². The van der Waals surface area contributed by atoms with Crippen LogP contribution < -0.4 is 4.74 Å². The molecule has 0 aliphatic rings. The topological polar surface area (TPSA) is 62.6 Å². The third-order valence-electron chi connectivity index (χ3n) is 1.65. The summed E-state index contributed by atoms with van der Waals surface area (Å²) in [5.41, 5.74) is -0.782. The minimum atomic E-state index is -2.81. The summed E-state index contributed by atoms with van der Waals surface area (Å²) in [5.74, 6) is -0.566. The van der Waals surface area contributed by atoms with Crippen molar-refractivity contribution in [2.24, 2.45) is 0 Å². The molecule has 0 bridgehead atoms. The molecule has 0 aromatic carbocycles. The lowest BCUT2D eigenvalue weighted by molar-refractivity contribution is 0.140. The van der Waals surface area contributed by atoms with Crippen LogP contribution in [0, 0.1) is 0 Å². The second kappa shape index (κ2) is 4.19. The first-order valence-electron chi connectivity index (χ1n) is 3.76. The van der Waals surface area contributed by atoms with E-state index in [-0.39, 0.29) is 17.2 Å². The average Bonchev–Trinajstić information content (AvgIpc) is 2.16. The summed E-state index contributed by atoms with van der Waals surface area (Å²) in [7, 11) is 1.20. The Kier molecular flexibility index (Phi) is 3.19. The SMILES string of the molecule is COc1cc(O)c(CO)nc1C(F)F. The number of hydrogen-bond acceptors (Lipinski definition) is 4. The zero-order chi connectivity index (χ0) is 10.7. The van der Waals surface area contributed by atoms with Gasteiger partial charge >= 0.3 is 0 Å². The number of halogens is 2. The molecule has 14 heavy (non-hydrogen) atoms. The molecule has 0 saturated heterocycles.